The van der Waals surface area contributed by atoms with Gasteiger partial charge in [-0.15, -0.1) is 0 Å². The van der Waals surface area contributed by atoms with Crippen LogP contribution >= 0.6 is 0 Å². The van der Waals surface area contributed by atoms with Gasteiger partial charge >= 0.3 is 0 Å². The highest BCUT2D eigenvalue weighted by Crippen LogP contribution is 1.92. The van der Waals surface area contributed by atoms with Crippen molar-refractivity contribution in [2.24, 2.45) is 11.5 Å². The number of nitrogens with two attached hydrogens (primary N) is 2. The molecule has 1 amide bonds. The van der Waals surface area contributed by atoms with Crippen molar-refractivity contribution in [2.45, 2.75) is 38.6 Å². The Bertz CT molecular complexity index is 139. The molecule has 0 spiro atoms. The predicted molar refractivity (Wildman–Crippen MR) is 54.2 cm³/mol. The summed E-state index contributed by atoms with van der Waals surface area (Å²) >= 11 is 0. The van der Waals surface area contributed by atoms with Crippen LogP contribution in [0.2, 0.25) is 0 Å². The van der Waals surface area contributed by atoms with Crippen LogP contribution in [0.1, 0.15) is 32.6 Å². The summed E-state index contributed by atoms with van der Waals surface area (Å²) in [5.74, 6) is 0.0886. The number of carbonyl (C=O) groups is 1. The van der Waals surface area contributed by atoms with E-state index in [1.807, 2.05) is 6.92 Å². The number of nitrogens with one attached hydrogen (secondary N) is 1. The van der Waals surface area contributed by atoms with Crippen LogP contribution in [0.15, 0.2) is 0 Å². The third-order valence-electron chi connectivity index (χ3n) is 1.82. The van der Waals surface area contributed by atoms with E-state index in [4.69, 9.17) is 11.5 Å². The van der Waals surface area contributed by atoms with Gasteiger partial charge in [-0.3, -0.25) is 4.79 Å². The van der Waals surface area contributed by atoms with Gasteiger partial charge in [0.05, 0.1) is 0 Å². The molecule has 0 bridgehead atoms. The molecule has 4 nitrogen and oxygen atoms in total. The smallest absolute Gasteiger partial charge is 0.220 e. The number of hydrogen-bond donors (Lipinski definition) is 3. The van der Waals surface area contributed by atoms with Crippen LogP contribution in [0.5, 0.6) is 0 Å². The fraction of sp³-hybridized carbons (Fsp3) is 0.889. The number of rotatable bonds is 7. The molecule has 0 radical (unpaired) electrons. The van der Waals surface area contributed by atoms with Crippen molar-refractivity contribution in [3.63, 3.8) is 0 Å². The summed E-state index contributed by atoms with van der Waals surface area (Å²) in [4.78, 5) is 11.0. The zero-order valence-corrected chi connectivity index (χ0v) is 8.38. The molecule has 0 saturated carbocycles. The second-order valence-electron chi connectivity index (χ2n) is 3.25. The molecule has 0 fully saturated rings. The second kappa shape index (κ2) is 8.01. The molecule has 0 aromatic rings. The molecule has 0 saturated heterocycles. The van der Waals surface area contributed by atoms with Gasteiger partial charge in [0.15, 0.2) is 0 Å². The lowest BCUT2D eigenvalue weighted by Gasteiger charge is -2.11. The first-order valence-electron chi connectivity index (χ1n) is 4.93. The van der Waals surface area contributed by atoms with E-state index >= 15 is 0 Å². The average Bonchev–Trinajstić information content (AvgIpc) is 2.12. The van der Waals surface area contributed by atoms with E-state index in [-0.39, 0.29) is 11.9 Å². The number of hydrogen-bond acceptors (Lipinski definition) is 3. The Morgan fingerprint density at radius 1 is 1.54 bits per heavy atom. The molecule has 78 valence electrons. The maximum Gasteiger partial charge on any atom is 0.220 e. The molecular weight excluding hydrogens is 166 g/mol. The highest BCUT2D eigenvalue weighted by molar-refractivity contribution is 5.75. The van der Waals surface area contributed by atoms with E-state index in [1.54, 1.807) is 0 Å². The molecule has 0 aromatic heterocycles. The number of amides is 1. The largest absolute Gasteiger partial charge is 0.355 e. The van der Waals surface area contributed by atoms with E-state index in [2.05, 4.69) is 5.32 Å². The minimum Gasteiger partial charge on any atom is -0.355 e. The summed E-state index contributed by atoms with van der Waals surface area (Å²) in [5.41, 5.74) is 11.1. The molecular formula is C9H21N3O. The van der Waals surface area contributed by atoms with Crippen molar-refractivity contribution >= 4 is 5.91 Å². The van der Waals surface area contributed by atoms with Gasteiger partial charge in [0, 0.05) is 19.0 Å². The minimum absolute atomic E-state index is 0.0457. The van der Waals surface area contributed by atoms with Crippen LogP contribution in [0.4, 0.5) is 0 Å². The van der Waals surface area contributed by atoms with Gasteiger partial charge in [-0.05, 0) is 25.8 Å². The SMILES string of the molecule is CCCC(=O)NC[C@@H](N)CCCN. The quantitative estimate of drug-likeness (QED) is 0.523. The molecule has 0 aliphatic carbocycles. The van der Waals surface area contributed by atoms with Crippen LogP contribution in [0.25, 0.3) is 0 Å². The summed E-state index contributed by atoms with van der Waals surface area (Å²) in [5, 5.41) is 2.79. The zero-order chi connectivity index (χ0) is 10.1. The Kier molecular flexibility index (Phi) is 7.63. The predicted octanol–water partition coefficient (Wildman–Crippen LogP) is -0.0311. The van der Waals surface area contributed by atoms with Crippen molar-refractivity contribution in [1.82, 2.24) is 5.32 Å². The van der Waals surface area contributed by atoms with E-state index in [0.29, 0.717) is 19.5 Å². The minimum atomic E-state index is 0.0457. The fourth-order valence-electron chi connectivity index (χ4n) is 1.04. The Balaban J connectivity index is 3.34. The number of carbonyl (C=O) groups excluding carboxylic acids is 1. The maximum absolute atomic E-state index is 11.0. The van der Waals surface area contributed by atoms with Crippen LogP contribution in [0, 0.1) is 0 Å². The third-order valence-corrected chi connectivity index (χ3v) is 1.82. The fourth-order valence-corrected chi connectivity index (χ4v) is 1.04. The highest BCUT2D eigenvalue weighted by Gasteiger charge is 2.03. The second-order valence-corrected chi connectivity index (χ2v) is 3.25. The Hall–Kier alpha value is -0.610. The van der Waals surface area contributed by atoms with E-state index in [1.165, 1.54) is 0 Å². The highest BCUT2D eigenvalue weighted by atomic mass is 16.1. The van der Waals surface area contributed by atoms with Crippen LogP contribution in [0.3, 0.4) is 0 Å². The molecule has 0 aromatic carbocycles. The molecule has 0 heterocycles. The molecule has 13 heavy (non-hydrogen) atoms. The topological polar surface area (TPSA) is 81.1 Å². The van der Waals surface area contributed by atoms with Gasteiger partial charge in [0.1, 0.15) is 0 Å². The average molecular weight is 187 g/mol. The van der Waals surface area contributed by atoms with Crippen LogP contribution < -0.4 is 16.8 Å². The molecule has 0 unspecified atom stereocenters. The van der Waals surface area contributed by atoms with E-state index in [9.17, 15) is 4.79 Å². The Morgan fingerprint density at radius 2 is 2.23 bits per heavy atom. The molecule has 5 N–H and O–H groups in total. The first-order chi connectivity index (χ1) is 6.20. The summed E-state index contributed by atoms with van der Waals surface area (Å²) in [6, 6.07) is 0.0457. The van der Waals surface area contributed by atoms with Gasteiger partial charge in [-0.2, -0.15) is 0 Å². The van der Waals surface area contributed by atoms with Crippen LogP contribution in [-0.2, 0) is 4.79 Å². The summed E-state index contributed by atoms with van der Waals surface area (Å²) in [7, 11) is 0. The van der Waals surface area contributed by atoms with Crippen molar-refractivity contribution in [1.29, 1.82) is 0 Å². The lowest BCUT2D eigenvalue weighted by atomic mass is 10.1. The van der Waals surface area contributed by atoms with Crippen molar-refractivity contribution < 1.29 is 4.79 Å². The first-order valence-corrected chi connectivity index (χ1v) is 4.93. The Labute approximate surface area is 80.0 Å². The van der Waals surface area contributed by atoms with Crippen LogP contribution in [-0.4, -0.2) is 25.0 Å². The Morgan fingerprint density at radius 3 is 2.77 bits per heavy atom. The third kappa shape index (κ3) is 7.74. The molecule has 1 atom stereocenters. The summed E-state index contributed by atoms with van der Waals surface area (Å²) < 4.78 is 0. The standard InChI is InChI=1S/C9H21N3O/c1-2-4-9(13)12-7-8(11)5-3-6-10/h8H,2-7,10-11H2,1H3,(H,12,13)/t8-/m0/s1. The van der Waals surface area contributed by atoms with Gasteiger partial charge < -0.3 is 16.8 Å². The molecule has 0 aliphatic heterocycles. The van der Waals surface area contributed by atoms with E-state index in [0.717, 1.165) is 19.3 Å². The van der Waals surface area contributed by atoms with Gasteiger partial charge in [0.2, 0.25) is 5.91 Å². The van der Waals surface area contributed by atoms with Crippen molar-refractivity contribution in [3.8, 4) is 0 Å². The summed E-state index contributed by atoms with van der Waals surface area (Å²) in [6.07, 6.45) is 3.27. The van der Waals surface area contributed by atoms with Crippen molar-refractivity contribution in [3.05, 3.63) is 0 Å². The molecule has 4 heteroatoms. The lowest BCUT2D eigenvalue weighted by molar-refractivity contribution is -0.121. The summed E-state index contributed by atoms with van der Waals surface area (Å²) in [6.45, 7) is 3.21. The molecule has 0 rings (SSSR count). The van der Waals surface area contributed by atoms with Gasteiger partial charge in [-0.25, -0.2) is 0 Å². The molecule has 0 aliphatic rings. The monoisotopic (exact) mass is 187 g/mol. The van der Waals surface area contributed by atoms with Gasteiger partial charge in [0.25, 0.3) is 0 Å². The maximum atomic E-state index is 11.0. The normalized spacial score (nSPS) is 12.5. The van der Waals surface area contributed by atoms with E-state index < -0.39 is 0 Å². The van der Waals surface area contributed by atoms with Gasteiger partial charge in [-0.1, -0.05) is 6.92 Å². The zero-order valence-electron chi connectivity index (χ0n) is 8.38. The van der Waals surface area contributed by atoms with Crippen molar-refractivity contribution in [2.75, 3.05) is 13.1 Å². The first kappa shape index (κ1) is 12.4. The lowest BCUT2D eigenvalue weighted by Crippen LogP contribution is -2.37.